The summed E-state index contributed by atoms with van der Waals surface area (Å²) in [6.45, 7) is 13.1. The molecule has 6 aromatic rings. The third kappa shape index (κ3) is 32.8. The zero-order chi connectivity index (χ0) is 99.0. The summed E-state index contributed by atoms with van der Waals surface area (Å²) in [5.74, 6) is -22.8. The number of carboxylic acid groups (broad SMARTS) is 1. The van der Waals surface area contributed by atoms with E-state index in [0.717, 1.165) is 23.0 Å². The fraction of sp³-hybridized carbons (Fsp3) is 0.468. The minimum Gasteiger partial charge on any atom is -0.508 e. The van der Waals surface area contributed by atoms with Crippen molar-refractivity contribution in [2.24, 2.45) is 40.9 Å². The van der Waals surface area contributed by atoms with Crippen molar-refractivity contribution in [1.82, 2.24) is 84.3 Å². The lowest BCUT2D eigenvalue weighted by Gasteiger charge is -2.32. The van der Waals surface area contributed by atoms with Gasteiger partial charge in [0.1, 0.15) is 90.3 Å². The maximum atomic E-state index is 15.5. The average Bonchev–Trinajstić information content (AvgIpc) is 1.70. The minimum absolute atomic E-state index is 0.00979. The molecule has 2 fully saturated rings. The molecule has 2 saturated heterocycles. The molecule has 0 radical (unpaired) electrons. The standard InChI is InChI=1S/C94H125N19O21S/c1-49(2)37-64-82(122)105-68(40-55-26-30-58(31-27-55)57-21-14-11-15-22-57)89(129)110-78(51(5)6)91(131)101-63(34-35-95)94(134)113-36-18-25-73(113)90(130)108-70(43-74(96)116)86(126)103-65(38-50(3)4)88(128)111-79(52(7)8)92(132)112-80(53(9)114)93(133)109-72(81(121)99-46-75(97)117)47-135-48-76(118)100-66(39-54-19-12-10-13-20-54)83(123)104-67(41-56-28-32-60(115)33-29-56)84(124)107-71(44-77(119)120)87(127)106-69(85(125)102-64)42-59-45-98-62-24-17-16-23-61(59)62/h10-17,19-24,26-33,45,49-53,63-73,78-80,98,114-115H,18,25,34-44,46-48,95H2,1-9H3,(H2,96,116)(H2,97,117)(H,99,121)(H,100,118)(H,101,131)(H,102,125)(H,103,126)(H,104,123)(H,105,122)(H,106,127)(H,107,124)(H,108,130)(H,109,133)(H,110,129)(H,111,128)(H,112,132)(H,119,120)/t53-,63+,64+,65+,66+,67+,68+,69+,70+,71+,72+,73-,78+,79+,80+/m1/s1. The predicted molar refractivity (Wildman–Crippen MR) is 499 cm³/mol. The number of nitrogens with two attached hydrogens (primary N) is 3. The number of hydrogen-bond donors (Lipinski definition) is 21. The van der Waals surface area contributed by atoms with Crippen molar-refractivity contribution in [1.29, 1.82) is 0 Å². The first-order valence-corrected chi connectivity index (χ1v) is 46.0. The molecule has 1 aromatic heterocycles. The van der Waals surface area contributed by atoms with Gasteiger partial charge in [0, 0.05) is 55.1 Å². The number of rotatable bonds is 25. The Morgan fingerprint density at radius 2 is 0.874 bits per heavy atom. The van der Waals surface area contributed by atoms with Crippen LogP contribution in [0, 0.1) is 23.7 Å². The van der Waals surface area contributed by atoms with Crippen molar-refractivity contribution in [2.75, 3.05) is 31.1 Å². The molecule has 0 bridgehead atoms. The van der Waals surface area contributed by atoms with Gasteiger partial charge in [-0.1, -0.05) is 171 Å². The van der Waals surface area contributed by atoms with Crippen LogP contribution in [0.5, 0.6) is 5.75 Å². The number of aliphatic hydroxyl groups excluding tert-OH is 1. The summed E-state index contributed by atoms with van der Waals surface area (Å²) in [7, 11) is 0. The van der Waals surface area contributed by atoms with Crippen LogP contribution in [0.3, 0.4) is 0 Å². The van der Waals surface area contributed by atoms with Crippen LogP contribution in [0.4, 0.5) is 0 Å². The summed E-state index contributed by atoms with van der Waals surface area (Å²) in [4.78, 5) is 265. The Labute approximate surface area is 785 Å². The van der Waals surface area contributed by atoms with E-state index in [-0.39, 0.29) is 76.1 Å². The Bertz CT molecular complexity index is 5180. The highest BCUT2D eigenvalue weighted by Crippen LogP contribution is 2.26. The van der Waals surface area contributed by atoms with Gasteiger partial charge in [0.15, 0.2) is 0 Å². The summed E-state index contributed by atoms with van der Waals surface area (Å²) in [5.41, 5.74) is 21.1. The van der Waals surface area contributed by atoms with Gasteiger partial charge in [-0.3, -0.25) is 86.3 Å². The predicted octanol–water partition coefficient (Wildman–Crippen LogP) is -1.06. The third-order valence-electron chi connectivity index (χ3n) is 22.6. The molecule has 2 aliphatic rings. The molecule has 135 heavy (non-hydrogen) atoms. The fourth-order valence-corrected chi connectivity index (χ4v) is 16.4. The highest BCUT2D eigenvalue weighted by atomic mass is 32.2. The zero-order valence-electron chi connectivity index (χ0n) is 76.8. The number of hydrogen-bond acceptors (Lipinski definition) is 22. The van der Waals surface area contributed by atoms with Gasteiger partial charge in [0.05, 0.1) is 31.2 Å². The van der Waals surface area contributed by atoms with Gasteiger partial charge in [0.25, 0.3) is 0 Å². The molecule has 41 heteroatoms. The molecule has 0 spiro atoms. The first-order valence-electron chi connectivity index (χ1n) is 44.8. The van der Waals surface area contributed by atoms with Crippen LogP contribution in [0.1, 0.15) is 130 Å². The number of carbonyl (C=O) groups is 18. The maximum absolute atomic E-state index is 15.5. The Kier molecular flexibility index (Phi) is 40.6. The molecule has 17 amide bonds. The first kappa shape index (κ1) is 107. The van der Waals surface area contributed by atoms with Crippen molar-refractivity contribution < 1.29 is 102 Å². The number of fused-ring (bicyclic) bond motifs is 2. The van der Waals surface area contributed by atoms with Crippen molar-refractivity contribution in [3.8, 4) is 16.9 Å². The number of carboxylic acids is 1. The second kappa shape index (κ2) is 51.4. The van der Waals surface area contributed by atoms with Crippen LogP contribution >= 0.6 is 11.8 Å². The number of phenolic OH excluding ortho intramolecular Hbond substituents is 1. The molecular weight excluding hydrogens is 1760 g/mol. The lowest BCUT2D eigenvalue weighted by Crippen LogP contribution is -2.62. The van der Waals surface area contributed by atoms with Crippen LogP contribution in [0.15, 0.2) is 140 Å². The van der Waals surface area contributed by atoms with E-state index in [1.165, 1.54) is 38.1 Å². The van der Waals surface area contributed by atoms with E-state index in [9.17, 15) is 72.9 Å². The second-order valence-corrected chi connectivity index (χ2v) is 36.3. The second-order valence-electron chi connectivity index (χ2n) is 35.2. The van der Waals surface area contributed by atoms with Crippen LogP contribution in [-0.2, 0) is 112 Å². The van der Waals surface area contributed by atoms with E-state index in [4.69, 9.17) is 17.2 Å². The molecule has 728 valence electrons. The summed E-state index contributed by atoms with van der Waals surface area (Å²) >= 11 is 0.703. The maximum Gasteiger partial charge on any atom is 0.305 e. The molecule has 3 heterocycles. The number of H-pyrrole nitrogens is 1. The number of carbonyl (C=O) groups excluding carboxylic acids is 17. The van der Waals surface area contributed by atoms with Crippen molar-refractivity contribution >= 4 is 129 Å². The number of nitrogens with one attached hydrogen (secondary N) is 15. The van der Waals surface area contributed by atoms with E-state index >= 15 is 28.8 Å². The van der Waals surface area contributed by atoms with Gasteiger partial charge in [-0.25, -0.2) is 0 Å². The Morgan fingerprint density at radius 1 is 0.452 bits per heavy atom. The summed E-state index contributed by atoms with van der Waals surface area (Å²) < 4.78 is 0. The number of aliphatic carboxylic acids is 1. The lowest BCUT2D eigenvalue weighted by atomic mass is 9.97. The summed E-state index contributed by atoms with van der Waals surface area (Å²) in [6, 6.07) is 13.8. The number of para-hydroxylation sites is 1. The van der Waals surface area contributed by atoms with Crippen LogP contribution < -0.4 is 91.6 Å². The number of thioether (sulfide) groups is 1. The average molecular weight is 1890 g/mol. The van der Waals surface area contributed by atoms with E-state index in [0.29, 0.717) is 44.9 Å². The van der Waals surface area contributed by atoms with Crippen molar-refractivity contribution in [3.05, 3.63) is 162 Å². The van der Waals surface area contributed by atoms with E-state index in [1.807, 2.05) is 30.3 Å². The number of nitrogens with zero attached hydrogens (tertiary/aromatic N) is 1. The molecule has 0 unspecified atom stereocenters. The summed E-state index contributed by atoms with van der Waals surface area (Å²) in [6.07, 6.45) is -3.78. The number of primary amides is 2. The Hall–Kier alpha value is -13.8. The molecule has 8 rings (SSSR count). The van der Waals surface area contributed by atoms with Crippen LogP contribution in [0.25, 0.3) is 22.0 Å². The van der Waals surface area contributed by atoms with Gasteiger partial charge in [-0.05, 0) is 121 Å². The molecule has 24 N–H and O–H groups in total. The van der Waals surface area contributed by atoms with Crippen molar-refractivity contribution in [2.45, 2.75) is 224 Å². The minimum atomic E-state index is -2.07. The largest absolute Gasteiger partial charge is 0.508 e. The molecule has 0 saturated carbocycles. The van der Waals surface area contributed by atoms with E-state index in [1.54, 1.807) is 127 Å². The molecule has 2 aliphatic heterocycles. The number of benzene rings is 5. The number of aromatic hydroxyl groups is 1. The highest BCUT2D eigenvalue weighted by Gasteiger charge is 2.44. The zero-order valence-corrected chi connectivity index (χ0v) is 77.7. The van der Waals surface area contributed by atoms with Crippen LogP contribution in [0.2, 0.25) is 0 Å². The van der Waals surface area contributed by atoms with E-state index in [2.05, 4.69) is 79.4 Å². The quantitative estimate of drug-likeness (QED) is 0.0325. The van der Waals surface area contributed by atoms with Crippen molar-refractivity contribution in [3.63, 3.8) is 0 Å². The monoisotopic (exact) mass is 1890 g/mol. The summed E-state index contributed by atoms with van der Waals surface area (Å²) in [5, 5.41) is 68.8. The lowest BCUT2D eigenvalue weighted by molar-refractivity contribution is -0.143. The number of aliphatic hydroxyl groups is 1. The molecular formula is C94H125N19O21S. The normalized spacial score (nSPS) is 23.8. The number of aromatic nitrogens is 1. The topological polar surface area (TPSA) is 633 Å². The molecule has 15 atom stereocenters. The van der Waals surface area contributed by atoms with E-state index < -0.39 is 252 Å². The smallest absolute Gasteiger partial charge is 0.305 e. The molecule has 5 aromatic carbocycles. The Balaban J connectivity index is 1.20. The number of phenols is 1. The fourth-order valence-electron chi connectivity index (χ4n) is 15.5. The van der Waals surface area contributed by atoms with Gasteiger partial charge in [-0.15, -0.1) is 11.8 Å². The van der Waals surface area contributed by atoms with Crippen LogP contribution in [-0.4, -0.2) is 253 Å². The van der Waals surface area contributed by atoms with Gasteiger partial charge in [-0.2, -0.15) is 0 Å². The third-order valence-corrected chi connectivity index (χ3v) is 23.6. The Morgan fingerprint density at radius 3 is 1.39 bits per heavy atom. The number of amides is 17. The SMILES string of the molecule is CC(C)C[C@@H]1NC(=O)[C@H](Cc2c[nH]c3ccccc23)NC(=O)[C@H](CC(=O)O)NC(=O)[C@H](Cc2ccc(O)cc2)NC(=O)[C@H](Cc2ccccc2)NC(=O)CSC[C@@H](C(=O)NCC(N)=O)NC(=O)[C@H]([C@@H](C)O)NC(=O)[C@H](C(C)C)NC(=O)[C@H](CC(C)C)NC(=O)[C@H](CC(N)=O)NC(=O)[C@H]2CCCN2C(=O)[C@H](CCN)NC(=O)[C@H](C(C)C)NC(=O)[C@H](Cc2ccc(-c3ccccc3)cc2)NC1=O. The number of aromatic amines is 1. The first-order chi connectivity index (χ1) is 64.1. The molecule has 40 nitrogen and oxygen atoms in total. The van der Waals surface area contributed by atoms with Gasteiger partial charge in [0.2, 0.25) is 100 Å². The molecule has 0 aliphatic carbocycles. The van der Waals surface area contributed by atoms with Gasteiger partial charge < -0.3 is 117 Å². The highest BCUT2D eigenvalue weighted by molar-refractivity contribution is 8.00. The van der Waals surface area contributed by atoms with Gasteiger partial charge >= 0.3 is 5.97 Å².